The number of hydrogen-bond donors (Lipinski definition) is 1. The summed E-state index contributed by atoms with van der Waals surface area (Å²) < 4.78 is 37.5. The van der Waals surface area contributed by atoms with Crippen molar-refractivity contribution in [1.82, 2.24) is 19.5 Å². The van der Waals surface area contributed by atoms with Crippen LogP contribution in [0, 0.1) is 0 Å². The number of nitrogens with zero attached hydrogens (tertiary/aromatic N) is 4. The van der Waals surface area contributed by atoms with Gasteiger partial charge in [-0.25, -0.2) is 13.4 Å². The highest BCUT2D eigenvalue weighted by molar-refractivity contribution is 7.89. The van der Waals surface area contributed by atoms with Crippen molar-refractivity contribution in [1.29, 1.82) is 0 Å². The second-order valence-electron chi connectivity index (χ2n) is 7.69. The molecule has 1 aromatic rings. The van der Waals surface area contributed by atoms with E-state index >= 15 is 0 Å². The molecule has 0 amide bonds. The molecular weight excluding hydrogens is 406 g/mol. The fourth-order valence-corrected chi connectivity index (χ4v) is 4.32. The fourth-order valence-electron chi connectivity index (χ4n) is 3.04. The number of pyridine rings is 1. The van der Waals surface area contributed by atoms with Crippen molar-refractivity contribution in [3.05, 3.63) is 23.9 Å². The van der Waals surface area contributed by atoms with Crippen molar-refractivity contribution in [3.8, 4) is 5.88 Å². The van der Waals surface area contributed by atoms with Gasteiger partial charge in [0.25, 0.3) is 0 Å². The number of aromatic nitrogens is 1. The quantitative estimate of drug-likeness (QED) is 0.456. The Balaban J connectivity index is 1.82. The van der Waals surface area contributed by atoms with E-state index in [0.717, 1.165) is 11.5 Å². The van der Waals surface area contributed by atoms with Gasteiger partial charge in [-0.05, 0) is 33.3 Å². The van der Waals surface area contributed by atoms with Gasteiger partial charge in [-0.15, -0.1) is 0 Å². The third kappa shape index (κ3) is 7.73. The summed E-state index contributed by atoms with van der Waals surface area (Å²) >= 11 is 0. The van der Waals surface area contributed by atoms with Gasteiger partial charge in [0.15, 0.2) is 5.96 Å². The van der Waals surface area contributed by atoms with Crippen LogP contribution in [0.4, 0.5) is 0 Å². The van der Waals surface area contributed by atoms with Gasteiger partial charge in [-0.2, -0.15) is 4.31 Å². The molecule has 0 aliphatic carbocycles. The van der Waals surface area contributed by atoms with Crippen molar-refractivity contribution in [2.24, 2.45) is 4.99 Å². The minimum absolute atomic E-state index is 0.0155. The largest absolute Gasteiger partial charge is 0.475 e. The molecule has 2 rings (SSSR count). The molecule has 0 radical (unpaired) electrons. The molecule has 0 aromatic carbocycles. The van der Waals surface area contributed by atoms with Crippen LogP contribution in [-0.2, 0) is 21.3 Å². The van der Waals surface area contributed by atoms with Gasteiger partial charge in [-0.1, -0.05) is 6.07 Å². The minimum Gasteiger partial charge on any atom is -0.475 e. The van der Waals surface area contributed by atoms with Crippen molar-refractivity contribution < 1.29 is 17.9 Å². The van der Waals surface area contributed by atoms with Crippen LogP contribution < -0.4 is 10.1 Å². The summed E-state index contributed by atoms with van der Waals surface area (Å²) in [4.78, 5) is 10.7. The Morgan fingerprint density at radius 1 is 1.17 bits per heavy atom. The highest BCUT2D eigenvalue weighted by atomic mass is 32.2. The van der Waals surface area contributed by atoms with Gasteiger partial charge in [-0.3, -0.25) is 4.99 Å². The maximum atomic E-state index is 12.5. The molecule has 9 nitrogen and oxygen atoms in total. The average Bonchev–Trinajstić information content (AvgIpc) is 2.69. The Morgan fingerprint density at radius 3 is 2.40 bits per heavy atom. The Hall–Kier alpha value is -1.91. The van der Waals surface area contributed by atoms with E-state index in [1.165, 1.54) is 4.31 Å². The Bertz CT molecular complexity index is 773. The molecule has 1 aliphatic heterocycles. The van der Waals surface area contributed by atoms with Crippen LogP contribution >= 0.6 is 0 Å². The number of guanidine groups is 1. The maximum absolute atomic E-state index is 12.5. The molecule has 0 spiro atoms. The predicted octanol–water partition coefficient (Wildman–Crippen LogP) is 1.32. The molecule has 0 unspecified atom stereocenters. The number of sulfonamides is 1. The standard InChI is InChI=1S/C20H35N5O4S/c1-16(2)28-12-13-30(26,27)25-10-8-24(9-11-25)20(21-5)23-15-18-6-7-19(22-14-18)29-17(3)4/h6-7,14,16-17H,8-13,15H2,1-5H3,(H,21,23). The SMILES string of the molecule is CN=C(NCc1ccc(OC(C)C)nc1)N1CCN(S(=O)(=O)CCOC(C)C)CC1. The van der Waals surface area contributed by atoms with Crippen molar-refractivity contribution >= 4 is 16.0 Å². The number of piperazine rings is 1. The highest BCUT2D eigenvalue weighted by Gasteiger charge is 2.28. The van der Waals surface area contributed by atoms with E-state index in [-0.39, 0.29) is 24.6 Å². The van der Waals surface area contributed by atoms with Gasteiger partial charge < -0.3 is 19.7 Å². The summed E-state index contributed by atoms with van der Waals surface area (Å²) in [6.07, 6.45) is 1.90. The molecule has 1 aromatic heterocycles. The van der Waals surface area contributed by atoms with Crippen LogP contribution in [0.25, 0.3) is 0 Å². The first-order valence-electron chi connectivity index (χ1n) is 10.4. The smallest absolute Gasteiger partial charge is 0.216 e. The van der Waals surface area contributed by atoms with Crippen molar-refractivity contribution in [2.75, 3.05) is 45.6 Å². The summed E-state index contributed by atoms with van der Waals surface area (Å²) in [7, 11) is -1.57. The van der Waals surface area contributed by atoms with Gasteiger partial charge in [0, 0.05) is 52.0 Å². The molecule has 30 heavy (non-hydrogen) atoms. The monoisotopic (exact) mass is 441 g/mol. The first-order chi connectivity index (χ1) is 14.2. The first kappa shape index (κ1) is 24.4. The van der Waals surface area contributed by atoms with Gasteiger partial charge >= 0.3 is 0 Å². The molecule has 2 heterocycles. The van der Waals surface area contributed by atoms with Crippen LogP contribution in [-0.4, -0.2) is 86.4 Å². The molecule has 170 valence electrons. The number of hydrogen-bond acceptors (Lipinski definition) is 6. The van der Waals surface area contributed by atoms with E-state index in [9.17, 15) is 8.42 Å². The molecule has 1 fully saturated rings. The Morgan fingerprint density at radius 2 is 1.87 bits per heavy atom. The first-order valence-corrected chi connectivity index (χ1v) is 12.0. The minimum atomic E-state index is -3.30. The van der Waals surface area contributed by atoms with Gasteiger partial charge in [0.2, 0.25) is 15.9 Å². The van der Waals surface area contributed by atoms with E-state index in [1.54, 1.807) is 13.2 Å². The Labute approximate surface area is 180 Å². The molecule has 0 saturated carbocycles. The summed E-state index contributed by atoms with van der Waals surface area (Å²) in [5.41, 5.74) is 1.01. The summed E-state index contributed by atoms with van der Waals surface area (Å²) in [6, 6.07) is 3.82. The van der Waals surface area contributed by atoms with Crippen LogP contribution in [0.2, 0.25) is 0 Å². The van der Waals surface area contributed by atoms with E-state index in [4.69, 9.17) is 9.47 Å². The molecule has 0 bridgehead atoms. The lowest BCUT2D eigenvalue weighted by molar-refractivity contribution is 0.0904. The third-order valence-corrected chi connectivity index (χ3v) is 6.38. The van der Waals surface area contributed by atoms with Gasteiger partial charge in [0.1, 0.15) is 0 Å². The molecule has 1 N–H and O–H groups in total. The molecular formula is C20H35N5O4S. The van der Waals surface area contributed by atoms with E-state index in [1.807, 2.05) is 39.8 Å². The molecule has 1 aliphatic rings. The van der Waals surface area contributed by atoms with Crippen molar-refractivity contribution in [2.45, 2.75) is 46.4 Å². The lowest BCUT2D eigenvalue weighted by atomic mass is 10.3. The van der Waals surface area contributed by atoms with E-state index in [0.29, 0.717) is 38.6 Å². The topological polar surface area (TPSA) is 96.4 Å². The average molecular weight is 442 g/mol. The van der Waals surface area contributed by atoms with Crippen LogP contribution in [0.5, 0.6) is 5.88 Å². The second kappa shape index (κ2) is 11.5. The lowest BCUT2D eigenvalue weighted by Crippen LogP contribution is -2.54. The molecule has 0 atom stereocenters. The zero-order chi connectivity index (χ0) is 22.1. The number of ether oxygens (including phenoxy) is 2. The fraction of sp³-hybridized carbons (Fsp3) is 0.700. The zero-order valence-corrected chi connectivity index (χ0v) is 19.5. The number of rotatable bonds is 9. The van der Waals surface area contributed by atoms with E-state index < -0.39 is 10.0 Å². The maximum Gasteiger partial charge on any atom is 0.216 e. The summed E-state index contributed by atoms with van der Waals surface area (Å²) in [6.45, 7) is 10.6. The number of nitrogens with one attached hydrogen (secondary N) is 1. The van der Waals surface area contributed by atoms with Crippen LogP contribution in [0.15, 0.2) is 23.3 Å². The Kier molecular flexibility index (Phi) is 9.32. The normalized spacial score (nSPS) is 16.4. The van der Waals surface area contributed by atoms with Crippen LogP contribution in [0.3, 0.4) is 0 Å². The summed E-state index contributed by atoms with van der Waals surface area (Å²) in [5, 5.41) is 3.32. The van der Waals surface area contributed by atoms with Gasteiger partial charge in [0.05, 0.1) is 24.6 Å². The second-order valence-corrected chi connectivity index (χ2v) is 9.78. The highest BCUT2D eigenvalue weighted by Crippen LogP contribution is 2.11. The summed E-state index contributed by atoms with van der Waals surface area (Å²) in [5.74, 6) is 1.37. The number of aliphatic imine (C=N–C) groups is 1. The van der Waals surface area contributed by atoms with E-state index in [2.05, 4.69) is 20.2 Å². The van der Waals surface area contributed by atoms with Crippen LogP contribution in [0.1, 0.15) is 33.3 Å². The third-order valence-electron chi connectivity index (χ3n) is 4.54. The molecule has 1 saturated heterocycles. The zero-order valence-electron chi connectivity index (χ0n) is 18.7. The lowest BCUT2D eigenvalue weighted by Gasteiger charge is -2.35. The molecule has 10 heteroatoms. The predicted molar refractivity (Wildman–Crippen MR) is 118 cm³/mol. The van der Waals surface area contributed by atoms with Crippen molar-refractivity contribution in [3.63, 3.8) is 0 Å².